The van der Waals surface area contributed by atoms with E-state index in [1.807, 2.05) is 0 Å². The maximum Gasteiger partial charge on any atom is 0.240 e. The number of nitrogens with one attached hydrogen (secondary N) is 1. The molecule has 1 amide bonds. The molecule has 0 bridgehead atoms. The van der Waals surface area contributed by atoms with Crippen LogP contribution in [0.1, 0.15) is 71.3 Å². The van der Waals surface area contributed by atoms with Crippen molar-refractivity contribution in [2.45, 2.75) is 77.8 Å². The van der Waals surface area contributed by atoms with E-state index in [4.69, 9.17) is 0 Å². The molecule has 5 heterocycles. The second-order valence-electron chi connectivity index (χ2n) is 14.1. The van der Waals surface area contributed by atoms with Gasteiger partial charge in [0.25, 0.3) is 0 Å². The molecule has 1 aromatic carbocycles. The zero-order valence-electron chi connectivity index (χ0n) is 26.0. The number of anilines is 3. The van der Waals surface area contributed by atoms with E-state index in [9.17, 15) is 4.79 Å². The number of piperazine rings is 1. The molecule has 0 saturated carbocycles. The SMILES string of the molecule is CCC[C@@H]1CCN(c2cc(N3CCC4(CC3)CN(c3cc(F)c(CN5CCC(C)(C)CC5)cc3F)CC(=O)N4)ncn2)C1. The van der Waals surface area contributed by atoms with Gasteiger partial charge in [0, 0.05) is 57.0 Å². The third kappa shape index (κ3) is 6.74. The van der Waals surface area contributed by atoms with E-state index in [0.29, 0.717) is 50.0 Å². The lowest BCUT2D eigenvalue weighted by Crippen LogP contribution is -2.66. The van der Waals surface area contributed by atoms with Crippen LogP contribution in [0.5, 0.6) is 0 Å². The molecule has 6 rings (SSSR count). The molecule has 2 aromatic rings. The molecule has 1 aromatic heterocycles. The van der Waals surface area contributed by atoms with Gasteiger partial charge in [-0.2, -0.15) is 0 Å². The first-order valence-electron chi connectivity index (χ1n) is 16.2. The number of benzene rings is 1. The molecule has 0 radical (unpaired) electrons. The van der Waals surface area contributed by atoms with E-state index in [1.54, 1.807) is 11.2 Å². The highest BCUT2D eigenvalue weighted by Crippen LogP contribution is 2.35. The van der Waals surface area contributed by atoms with Crippen molar-refractivity contribution in [3.05, 3.63) is 41.7 Å². The number of piperidine rings is 2. The number of rotatable bonds is 7. The minimum atomic E-state index is -0.494. The predicted molar refractivity (Wildman–Crippen MR) is 166 cm³/mol. The summed E-state index contributed by atoms with van der Waals surface area (Å²) in [4.78, 5) is 30.6. The molecule has 4 aliphatic rings. The van der Waals surface area contributed by atoms with Gasteiger partial charge in [0.1, 0.15) is 29.6 Å². The Morgan fingerprint density at radius 2 is 1.63 bits per heavy atom. The Morgan fingerprint density at radius 3 is 2.35 bits per heavy atom. The number of halogens is 2. The van der Waals surface area contributed by atoms with Crippen molar-refractivity contribution >= 4 is 23.2 Å². The highest BCUT2D eigenvalue weighted by atomic mass is 19.1. The Hall–Kier alpha value is -3.01. The number of aromatic nitrogens is 2. The van der Waals surface area contributed by atoms with Crippen LogP contribution in [0.4, 0.5) is 26.1 Å². The van der Waals surface area contributed by atoms with Crippen molar-refractivity contribution in [3.63, 3.8) is 0 Å². The zero-order valence-corrected chi connectivity index (χ0v) is 26.0. The molecule has 4 fully saturated rings. The Labute approximate surface area is 254 Å². The Kier molecular flexibility index (Phi) is 8.50. The summed E-state index contributed by atoms with van der Waals surface area (Å²) in [5, 5.41) is 3.21. The van der Waals surface area contributed by atoms with Crippen molar-refractivity contribution in [2.75, 3.05) is 67.1 Å². The molecule has 4 saturated heterocycles. The molecule has 0 aliphatic carbocycles. The van der Waals surface area contributed by atoms with Crippen LogP contribution in [0.3, 0.4) is 0 Å². The highest BCUT2D eigenvalue weighted by Gasteiger charge is 2.42. The van der Waals surface area contributed by atoms with Crippen LogP contribution < -0.4 is 20.0 Å². The third-order valence-electron chi connectivity index (χ3n) is 10.3. The first-order chi connectivity index (χ1) is 20.6. The van der Waals surface area contributed by atoms with Gasteiger partial charge in [-0.1, -0.05) is 27.2 Å². The molecule has 1 atom stereocenters. The summed E-state index contributed by atoms with van der Waals surface area (Å²) >= 11 is 0. The lowest BCUT2D eigenvalue weighted by atomic mass is 9.82. The van der Waals surface area contributed by atoms with Crippen LogP contribution in [0.2, 0.25) is 0 Å². The third-order valence-corrected chi connectivity index (χ3v) is 10.3. The molecular formula is C33H47F2N7O. The number of nitrogens with zero attached hydrogens (tertiary/aromatic N) is 6. The lowest BCUT2D eigenvalue weighted by molar-refractivity contribution is -0.123. The number of carbonyl (C=O) groups excluding carboxylic acids is 1. The van der Waals surface area contributed by atoms with Crippen molar-refractivity contribution in [1.82, 2.24) is 20.2 Å². The first-order valence-corrected chi connectivity index (χ1v) is 16.2. The minimum absolute atomic E-state index is 0.0203. The van der Waals surface area contributed by atoms with Crippen molar-refractivity contribution in [2.24, 2.45) is 11.3 Å². The van der Waals surface area contributed by atoms with Crippen LogP contribution >= 0.6 is 0 Å². The summed E-state index contributed by atoms with van der Waals surface area (Å²) < 4.78 is 30.8. The molecule has 1 N–H and O–H groups in total. The van der Waals surface area contributed by atoms with E-state index in [2.05, 4.69) is 56.8 Å². The quantitative estimate of drug-likeness (QED) is 0.485. The lowest BCUT2D eigenvalue weighted by Gasteiger charge is -2.48. The van der Waals surface area contributed by atoms with Gasteiger partial charge in [0.2, 0.25) is 5.91 Å². The summed E-state index contributed by atoms with van der Waals surface area (Å²) in [5.74, 6) is 1.58. The predicted octanol–water partition coefficient (Wildman–Crippen LogP) is 4.98. The molecular weight excluding hydrogens is 548 g/mol. The standard InChI is InChI=1S/C33H47F2N7O/c1-4-5-24-6-11-41(19-24)30-18-29(36-23-37-30)40-14-9-33(10-15-40)22-42(21-31(43)38-33)28-17-26(34)25(16-27(28)35)20-39-12-7-32(2,3)8-13-39/h16-18,23-24H,4-15,19-22H2,1-3H3,(H,38,43)/t24-/m1/s1. The van der Waals surface area contributed by atoms with Crippen LogP contribution in [0.25, 0.3) is 0 Å². The monoisotopic (exact) mass is 595 g/mol. The molecule has 8 nitrogen and oxygen atoms in total. The smallest absolute Gasteiger partial charge is 0.240 e. The van der Waals surface area contributed by atoms with Gasteiger partial charge < -0.3 is 20.0 Å². The number of hydrogen-bond donors (Lipinski definition) is 1. The van der Waals surface area contributed by atoms with Gasteiger partial charge in [-0.3, -0.25) is 9.69 Å². The van der Waals surface area contributed by atoms with Crippen LogP contribution in [-0.2, 0) is 11.3 Å². The normalized spacial score (nSPS) is 24.1. The fourth-order valence-electron chi connectivity index (χ4n) is 7.45. The summed E-state index contributed by atoms with van der Waals surface area (Å²) in [6.45, 7) is 12.9. The number of carbonyl (C=O) groups is 1. The summed E-state index contributed by atoms with van der Waals surface area (Å²) in [6, 6.07) is 4.72. The van der Waals surface area contributed by atoms with Crippen molar-refractivity contribution in [3.8, 4) is 0 Å². The number of likely N-dealkylation sites (tertiary alicyclic amines) is 1. The highest BCUT2D eigenvalue weighted by molar-refractivity contribution is 5.84. The Morgan fingerprint density at radius 1 is 0.907 bits per heavy atom. The maximum atomic E-state index is 15.5. The van der Waals surface area contributed by atoms with Crippen molar-refractivity contribution in [1.29, 1.82) is 0 Å². The fraction of sp³-hybridized carbons (Fsp3) is 0.667. The molecule has 1 spiro atoms. The van der Waals surface area contributed by atoms with Gasteiger partial charge in [-0.05, 0) is 69.0 Å². The average molecular weight is 596 g/mol. The molecule has 234 valence electrons. The number of hydrogen-bond acceptors (Lipinski definition) is 7. The minimum Gasteiger partial charge on any atom is -0.357 e. The molecule has 43 heavy (non-hydrogen) atoms. The summed E-state index contributed by atoms with van der Waals surface area (Å²) in [7, 11) is 0. The van der Waals surface area contributed by atoms with Gasteiger partial charge in [-0.15, -0.1) is 0 Å². The second-order valence-corrected chi connectivity index (χ2v) is 14.1. The van der Waals surface area contributed by atoms with Gasteiger partial charge in [0.15, 0.2) is 0 Å². The average Bonchev–Trinajstić information content (AvgIpc) is 3.45. The molecule has 4 aliphatic heterocycles. The number of amides is 1. The molecule has 10 heteroatoms. The van der Waals surface area contributed by atoms with Crippen LogP contribution in [0, 0.1) is 23.0 Å². The van der Waals surface area contributed by atoms with Crippen LogP contribution in [0.15, 0.2) is 24.5 Å². The Balaban J connectivity index is 1.10. The zero-order chi connectivity index (χ0) is 30.2. The van der Waals surface area contributed by atoms with Crippen molar-refractivity contribution < 1.29 is 13.6 Å². The summed E-state index contributed by atoms with van der Waals surface area (Å²) in [6.07, 6.45) is 8.82. The van der Waals surface area contributed by atoms with Gasteiger partial charge in [-0.25, -0.2) is 18.7 Å². The van der Waals surface area contributed by atoms with E-state index in [-0.39, 0.29) is 18.1 Å². The van der Waals surface area contributed by atoms with Crippen LogP contribution in [-0.4, -0.2) is 78.7 Å². The fourth-order valence-corrected chi connectivity index (χ4v) is 7.45. The first kappa shape index (κ1) is 30.0. The van der Waals surface area contributed by atoms with Gasteiger partial charge >= 0.3 is 0 Å². The van der Waals surface area contributed by atoms with E-state index >= 15 is 8.78 Å². The summed E-state index contributed by atoms with van der Waals surface area (Å²) in [5.41, 5.74) is 0.357. The van der Waals surface area contributed by atoms with E-state index in [1.165, 1.54) is 31.4 Å². The molecule has 0 unspecified atom stereocenters. The maximum absolute atomic E-state index is 15.5. The topological polar surface area (TPSA) is 67.8 Å². The second kappa shape index (κ2) is 12.2. The largest absolute Gasteiger partial charge is 0.357 e. The van der Waals surface area contributed by atoms with E-state index < -0.39 is 17.2 Å². The Bertz CT molecular complexity index is 1300. The van der Waals surface area contributed by atoms with Gasteiger partial charge in [0.05, 0.1) is 17.8 Å². The van der Waals surface area contributed by atoms with E-state index in [0.717, 1.165) is 56.6 Å².